The highest BCUT2D eigenvalue weighted by molar-refractivity contribution is 8.00. The van der Waals surface area contributed by atoms with Crippen molar-refractivity contribution in [3.05, 3.63) is 90.9 Å². The Morgan fingerprint density at radius 3 is 2.30 bits per heavy atom. The lowest BCUT2D eigenvalue weighted by Crippen LogP contribution is -2.22. The van der Waals surface area contributed by atoms with Gasteiger partial charge in [-0.2, -0.15) is 0 Å². The second kappa shape index (κ2) is 8.88. The van der Waals surface area contributed by atoms with Crippen LogP contribution in [0, 0.1) is 0 Å². The van der Waals surface area contributed by atoms with E-state index >= 15 is 0 Å². The van der Waals surface area contributed by atoms with Crippen LogP contribution in [0.25, 0.3) is 10.8 Å². The molecule has 0 spiro atoms. The monoisotopic (exact) mass is 416 g/mol. The van der Waals surface area contributed by atoms with E-state index in [1.807, 2.05) is 61.5 Å². The molecular formula is C24H20N2O3S. The zero-order valence-electron chi connectivity index (χ0n) is 16.3. The van der Waals surface area contributed by atoms with Crippen LogP contribution in [0.2, 0.25) is 0 Å². The van der Waals surface area contributed by atoms with E-state index in [1.54, 1.807) is 24.3 Å². The van der Waals surface area contributed by atoms with Crippen molar-refractivity contribution in [3.63, 3.8) is 0 Å². The first-order chi connectivity index (χ1) is 14.6. The second-order valence-electron chi connectivity index (χ2n) is 6.77. The Kier molecular flexibility index (Phi) is 5.86. The molecule has 4 aromatic rings. The van der Waals surface area contributed by atoms with E-state index in [4.69, 9.17) is 4.42 Å². The van der Waals surface area contributed by atoms with E-state index in [0.29, 0.717) is 5.69 Å². The first kappa shape index (κ1) is 19.8. The molecule has 2 amide bonds. The van der Waals surface area contributed by atoms with Crippen molar-refractivity contribution in [2.75, 3.05) is 10.6 Å². The maximum Gasteiger partial charge on any atom is 0.291 e. The summed E-state index contributed by atoms with van der Waals surface area (Å²) in [6.45, 7) is 1.87. The smallest absolute Gasteiger partial charge is 0.291 e. The van der Waals surface area contributed by atoms with Crippen LogP contribution in [-0.2, 0) is 4.79 Å². The van der Waals surface area contributed by atoms with Crippen LogP contribution in [0.15, 0.2) is 94.4 Å². The molecule has 1 atom stereocenters. The summed E-state index contributed by atoms with van der Waals surface area (Å²) in [5.74, 6) is -0.110. The Bertz CT molecular complexity index is 1170. The van der Waals surface area contributed by atoms with Gasteiger partial charge in [-0.3, -0.25) is 9.59 Å². The maximum atomic E-state index is 12.6. The summed E-state index contributed by atoms with van der Waals surface area (Å²) in [4.78, 5) is 25.6. The lowest BCUT2D eigenvalue weighted by Gasteiger charge is -2.13. The number of hydrogen-bond acceptors (Lipinski definition) is 4. The number of carbonyl (C=O) groups is 2. The molecule has 150 valence electrons. The van der Waals surface area contributed by atoms with E-state index in [-0.39, 0.29) is 22.8 Å². The summed E-state index contributed by atoms with van der Waals surface area (Å²) < 4.78 is 5.08. The van der Waals surface area contributed by atoms with E-state index in [9.17, 15) is 9.59 Å². The molecule has 0 fully saturated rings. The summed E-state index contributed by atoms with van der Waals surface area (Å²) >= 11 is 1.46. The molecule has 5 nitrogen and oxygen atoms in total. The van der Waals surface area contributed by atoms with Gasteiger partial charge in [0.2, 0.25) is 5.91 Å². The molecule has 0 bridgehead atoms. The van der Waals surface area contributed by atoms with Crippen molar-refractivity contribution in [1.29, 1.82) is 0 Å². The maximum absolute atomic E-state index is 12.6. The minimum atomic E-state index is -0.302. The molecule has 0 aliphatic heterocycles. The number of hydrogen-bond donors (Lipinski definition) is 2. The fraction of sp³-hybridized carbons (Fsp3) is 0.0833. The molecule has 0 aliphatic carbocycles. The number of amides is 2. The van der Waals surface area contributed by atoms with Crippen LogP contribution in [0.4, 0.5) is 11.4 Å². The van der Waals surface area contributed by atoms with Gasteiger partial charge < -0.3 is 15.1 Å². The fourth-order valence-electron chi connectivity index (χ4n) is 2.99. The highest BCUT2D eigenvalue weighted by Crippen LogP contribution is 2.26. The lowest BCUT2D eigenvalue weighted by atomic mass is 10.1. The van der Waals surface area contributed by atoms with Crippen LogP contribution in [0.5, 0.6) is 0 Å². The number of thioether (sulfide) groups is 1. The zero-order valence-corrected chi connectivity index (χ0v) is 17.1. The molecule has 30 heavy (non-hydrogen) atoms. The van der Waals surface area contributed by atoms with Crippen LogP contribution in [-0.4, -0.2) is 17.1 Å². The third-order valence-electron chi connectivity index (χ3n) is 4.56. The van der Waals surface area contributed by atoms with Gasteiger partial charge in [0.05, 0.1) is 11.5 Å². The van der Waals surface area contributed by atoms with Gasteiger partial charge >= 0.3 is 0 Å². The van der Waals surface area contributed by atoms with Crippen molar-refractivity contribution < 1.29 is 14.0 Å². The Morgan fingerprint density at radius 2 is 1.57 bits per heavy atom. The predicted molar refractivity (Wildman–Crippen MR) is 121 cm³/mol. The Labute approximate surface area is 178 Å². The molecule has 6 heteroatoms. The average Bonchev–Trinajstić information content (AvgIpc) is 3.30. The minimum absolute atomic E-state index is 0.0644. The quantitative estimate of drug-likeness (QED) is 0.390. The first-order valence-electron chi connectivity index (χ1n) is 9.50. The van der Waals surface area contributed by atoms with Gasteiger partial charge in [-0.1, -0.05) is 30.3 Å². The Morgan fingerprint density at radius 1 is 0.833 bits per heavy atom. The topological polar surface area (TPSA) is 71.3 Å². The molecule has 4 rings (SSSR count). The highest BCUT2D eigenvalue weighted by Gasteiger charge is 2.15. The average molecular weight is 417 g/mol. The summed E-state index contributed by atoms with van der Waals surface area (Å²) in [5, 5.41) is 7.70. The molecule has 1 heterocycles. The van der Waals surface area contributed by atoms with Crippen LogP contribution in [0.1, 0.15) is 17.5 Å². The SMILES string of the molecule is CC(Sc1ccc(NC(=O)c2ccco2)cc1)C(=O)Nc1ccc2ccccc2c1. The second-order valence-corrected chi connectivity index (χ2v) is 8.18. The largest absolute Gasteiger partial charge is 0.459 e. The lowest BCUT2D eigenvalue weighted by molar-refractivity contribution is -0.115. The number of benzene rings is 3. The zero-order chi connectivity index (χ0) is 20.9. The van der Waals surface area contributed by atoms with Gasteiger partial charge in [0, 0.05) is 16.3 Å². The van der Waals surface area contributed by atoms with Gasteiger partial charge in [-0.05, 0) is 66.2 Å². The van der Waals surface area contributed by atoms with Crippen molar-refractivity contribution >= 4 is 45.7 Å². The van der Waals surface area contributed by atoms with Crippen molar-refractivity contribution in [1.82, 2.24) is 0 Å². The van der Waals surface area contributed by atoms with Crippen molar-refractivity contribution in [2.24, 2.45) is 0 Å². The third kappa shape index (κ3) is 4.72. The molecule has 0 aliphatic rings. The molecule has 3 aromatic carbocycles. The minimum Gasteiger partial charge on any atom is -0.459 e. The number of anilines is 2. The highest BCUT2D eigenvalue weighted by atomic mass is 32.2. The van der Waals surface area contributed by atoms with Crippen LogP contribution >= 0.6 is 11.8 Å². The summed E-state index contributed by atoms with van der Waals surface area (Å²) in [5.41, 5.74) is 1.44. The number of nitrogens with one attached hydrogen (secondary N) is 2. The van der Waals surface area contributed by atoms with E-state index < -0.39 is 0 Å². The van der Waals surface area contributed by atoms with Crippen LogP contribution in [0.3, 0.4) is 0 Å². The third-order valence-corrected chi connectivity index (χ3v) is 5.67. The van der Waals surface area contributed by atoms with Gasteiger partial charge in [0.15, 0.2) is 5.76 Å². The standard InChI is InChI=1S/C24H20N2O3S/c1-16(23(27)26-20-9-8-17-5-2-3-6-18(17)15-20)30-21-12-10-19(11-13-21)25-24(28)22-7-4-14-29-22/h2-16H,1H3,(H,25,28)(H,26,27). The van der Waals surface area contributed by atoms with Gasteiger partial charge in [0.25, 0.3) is 5.91 Å². The fourth-order valence-corrected chi connectivity index (χ4v) is 3.85. The Balaban J connectivity index is 1.34. The van der Waals surface area contributed by atoms with Crippen molar-refractivity contribution in [3.8, 4) is 0 Å². The summed E-state index contributed by atoms with van der Waals surface area (Å²) in [6.07, 6.45) is 1.46. The summed E-state index contributed by atoms with van der Waals surface area (Å²) in [6, 6.07) is 24.6. The number of carbonyl (C=O) groups excluding carboxylic acids is 2. The van der Waals surface area contributed by atoms with Crippen molar-refractivity contribution in [2.45, 2.75) is 17.1 Å². The van der Waals surface area contributed by atoms with Gasteiger partial charge in [0.1, 0.15) is 0 Å². The number of furan rings is 1. The summed E-state index contributed by atoms with van der Waals surface area (Å²) in [7, 11) is 0. The molecule has 1 unspecified atom stereocenters. The molecule has 0 saturated carbocycles. The van der Waals surface area contributed by atoms with E-state index in [1.165, 1.54) is 18.0 Å². The van der Waals surface area contributed by atoms with E-state index in [0.717, 1.165) is 21.4 Å². The number of fused-ring (bicyclic) bond motifs is 1. The predicted octanol–water partition coefficient (Wildman–Crippen LogP) is 5.80. The molecular weight excluding hydrogens is 396 g/mol. The molecule has 2 N–H and O–H groups in total. The Hall–Kier alpha value is -3.51. The normalized spacial score (nSPS) is 11.8. The first-order valence-corrected chi connectivity index (χ1v) is 10.4. The molecule has 0 saturated heterocycles. The van der Waals surface area contributed by atoms with Gasteiger partial charge in [-0.25, -0.2) is 0 Å². The van der Waals surface area contributed by atoms with E-state index in [2.05, 4.69) is 10.6 Å². The van der Waals surface area contributed by atoms with Gasteiger partial charge in [-0.15, -0.1) is 11.8 Å². The molecule has 0 radical (unpaired) electrons. The number of rotatable bonds is 6. The van der Waals surface area contributed by atoms with Crippen LogP contribution < -0.4 is 10.6 Å². The molecule has 1 aromatic heterocycles.